The fourth-order valence-corrected chi connectivity index (χ4v) is 3.68. The Morgan fingerprint density at radius 3 is 2.79 bits per heavy atom. The first kappa shape index (κ1) is 21.4. The summed E-state index contributed by atoms with van der Waals surface area (Å²) in [5, 5.41) is 3.42. The molecule has 1 aliphatic heterocycles. The second-order valence-electron chi connectivity index (χ2n) is 6.91. The van der Waals surface area contributed by atoms with Crippen molar-refractivity contribution in [2.75, 3.05) is 38.7 Å². The van der Waals surface area contributed by atoms with Crippen LogP contribution < -0.4 is 15.8 Å². The van der Waals surface area contributed by atoms with Gasteiger partial charge in [-0.2, -0.15) is 0 Å². The lowest BCUT2D eigenvalue weighted by atomic mass is 10.0. The number of ether oxygens (including phenoxy) is 2. The van der Waals surface area contributed by atoms with Gasteiger partial charge in [0.25, 0.3) is 0 Å². The number of hydrogen-bond acceptors (Lipinski definition) is 4. The standard InChI is InChI=1S/C21H26ClFN4O2/c1-14-13-27(10-11-29-14)19(20-17(22)4-3-5-18(20)23)12-25-21(24)26-15-6-8-16(28-2)9-7-15/h3-9,14,19H,10-13H2,1-2H3,(H3,24,25,26). The molecule has 0 bridgehead atoms. The number of nitrogens with zero attached hydrogens (tertiary/aromatic N) is 2. The van der Waals surface area contributed by atoms with Crippen LogP contribution in [0.1, 0.15) is 18.5 Å². The molecule has 0 saturated carbocycles. The minimum absolute atomic E-state index is 0.0514. The van der Waals surface area contributed by atoms with E-state index in [0.717, 1.165) is 11.4 Å². The summed E-state index contributed by atoms with van der Waals surface area (Å²) in [6.07, 6.45) is 0.0514. The van der Waals surface area contributed by atoms with Gasteiger partial charge in [-0.05, 0) is 43.3 Å². The molecular weight excluding hydrogens is 395 g/mol. The lowest BCUT2D eigenvalue weighted by Gasteiger charge is -2.37. The second kappa shape index (κ2) is 9.91. The number of guanidine groups is 1. The van der Waals surface area contributed by atoms with Crippen molar-refractivity contribution in [3.8, 4) is 5.75 Å². The summed E-state index contributed by atoms with van der Waals surface area (Å²) in [6, 6.07) is 11.7. The molecule has 1 aliphatic rings. The van der Waals surface area contributed by atoms with Crippen LogP contribution in [0.4, 0.5) is 10.1 Å². The van der Waals surface area contributed by atoms with E-state index in [2.05, 4.69) is 15.2 Å². The highest BCUT2D eigenvalue weighted by atomic mass is 35.5. The molecule has 1 saturated heterocycles. The van der Waals surface area contributed by atoms with Crippen LogP contribution in [0.25, 0.3) is 0 Å². The molecule has 2 aromatic carbocycles. The number of morpholine rings is 1. The number of nitrogens with one attached hydrogen (secondary N) is 1. The van der Waals surface area contributed by atoms with Crippen LogP contribution in [0.3, 0.4) is 0 Å². The summed E-state index contributed by atoms with van der Waals surface area (Å²) in [5.41, 5.74) is 7.29. The molecular formula is C21H26ClFN4O2. The molecule has 8 heteroatoms. The Hall–Kier alpha value is -2.35. The number of nitrogens with two attached hydrogens (primary N) is 1. The average molecular weight is 421 g/mol. The molecule has 0 spiro atoms. The first-order valence-corrected chi connectivity index (χ1v) is 9.86. The van der Waals surface area contributed by atoms with Crippen molar-refractivity contribution < 1.29 is 13.9 Å². The molecule has 0 aromatic heterocycles. The second-order valence-corrected chi connectivity index (χ2v) is 7.31. The van der Waals surface area contributed by atoms with Gasteiger partial charge in [0.2, 0.25) is 0 Å². The molecule has 2 atom stereocenters. The largest absolute Gasteiger partial charge is 0.497 e. The lowest BCUT2D eigenvalue weighted by molar-refractivity contribution is -0.0336. The normalized spacial score (nSPS) is 19.0. The highest BCUT2D eigenvalue weighted by Gasteiger charge is 2.29. The van der Waals surface area contributed by atoms with Crippen LogP contribution in [0, 0.1) is 5.82 Å². The molecule has 156 valence electrons. The minimum atomic E-state index is -0.349. The smallest absolute Gasteiger partial charge is 0.193 e. The van der Waals surface area contributed by atoms with Gasteiger partial charge in [0.05, 0.1) is 32.4 Å². The van der Waals surface area contributed by atoms with Crippen LogP contribution in [0.15, 0.2) is 47.5 Å². The van der Waals surface area contributed by atoms with Gasteiger partial charge >= 0.3 is 0 Å². The molecule has 2 aromatic rings. The zero-order valence-corrected chi connectivity index (χ0v) is 17.3. The fourth-order valence-electron chi connectivity index (χ4n) is 3.39. The van der Waals surface area contributed by atoms with E-state index in [1.54, 1.807) is 19.2 Å². The number of halogens is 2. The molecule has 1 heterocycles. The van der Waals surface area contributed by atoms with Gasteiger partial charge in [0.15, 0.2) is 5.96 Å². The van der Waals surface area contributed by atoms with Crippen molar-refractivity contribution in [2.45, 2.75) is 19.1 Å². The Balaban J connectivity index is 1.79. The molecule has 0 aliphatic carbocycles. The van der Waals surface area contributed by atoms with E-state index >= 15 is 0 Å². The van der Waals surface area contributed by atoms with Crippen molar-refractivity contribution in [2.24, 2.45) is 10.7 Å². The van der Waals surface area contributed by atoms with Crippen LogP contribution in [-0.4, -0.2) is 50.3 Å². The Bertz CT molecular complexity index is 827. The number of rotatable bonds is 6. The van der Waals surface area contributed by atoms with Gasteiger partial charge in [-0.3, -0.25) is 9.89 Å². The summed E-state index contributed by atoms with van der Waals surface area (Å²) >= 11 is 6.35. The van der Waals surface area contributed by atoms with Gasteiger partial charge in [0, 0.05) is 29.4 Å². The van der Waals surface area contributed by atoms with Crippen LogP contribution in [0.5, 0.6) is 5.75 Å². The third-order valence-electron chi connectivity index (χ3n) is 4.84. The Morgan fingerprint density at radius 1 is 1.38 bits per heavy atom. The molecule has 0 amide bonds. The van der Waals surface area contributed by atoms with Crippen molar-refractivity contribution in [3.63, 3.8) is 0 Å². The van der Waals surface area contributed by atoms with Gasteiger partial charge in [-0.25, -0.2) is 4.39 Å². The van der Waals surface area contributed by atoms with Crippen LogP contribution in [-0.2, 0) is 4.74 Å². The zero-order valence-electron chi connectivity index (χ0n) is 16.6. The van der Waals surface area contributed by atoms with Gasteiger partial charge in [0.1, 0.15) is 11.6 Å². The highest BCUT2D eigenvalue weighted by molar-refractivity contribution is 6.31. The van der Waals surface area contributed by atoms with E-state index < -0.39 is 0 Å². The van der Waals surface area contributed by atoms with Crippen molar-refractivity contribution in [3.05, 3.63) is 58.9 Å². The topological polar surface area (TPSA) is 72.1 Å². The van der Waals surface area contributed by atoms with Crippen molar-refractivity contribution in [1.29, 1.82) is 0 Å². The van der Waals surface area contributed by atoms with Crippen molar-refractivity contribution >= 4 is 23.2 Å². The summed E-state index contributed by atoms with van der Waals surface area (Å²) in [5.74, 6) is 0.647. The van der Waals surface area contributed by atoms with Gasteiger partial charge < -0.3 is 20.5 Å². The maximum Gasteiger partial charge on any atom is 0.193 e. The summed E-state index contributed by atoms with van der Waals surface area (Å²) in [6.45, 7) is 4.17. The summed E-state index contributed by atoms with van der Waals surface area (Å²) in [7, 11) is 1.61. The summed E-state index contributed by atoms with van der Waals surface area (Å²) in [4.78, 5) is 6.61. The molecule has 3 rings (SSSR count). The van der Waals surface area contributed by atoms with Crippen LogP contribution in [0.2, 0.25) is 5.02 Å². The van der Waals surface area contributed by atoms with E-state index in [-0.39, 0.29) is 30.5 Å². The SMILES string of the molecule is COc1ccc(NC(N)=NCC(c2c(F)cccc2Cl)N2CCOC(C)C2)cc1. The quantitative estimate of drug-likeness (QED) is 0.551. The zero-order chi connectivity index (χ0) is 20.8. The Labute approximate surface area is 175 Å². The van der Waals surface area contributed by atoms with Crippen molar-refractivity contribution in [1.82, 2.24) is 4.90 Å². The molecule has 0 radical (unpaired) electrons. The number of aliphatic imine (C=N–C) groups is 1. The predicted molar refractivity (Wildman–Crippen MR) is 114 cm³/mol. The molecule has 3 N–H and O–H groups in total. The number of benzene rings is 2. The third kappa shape index (κ3) is 5.59. The Morgan fingerprint density at radius 2 is 2.14 bits per heavy atom. The maximum absolute atomic E-state index is 14.6. The first-order valence-electron chi connectivity index (χ1n) is 9.48. The molecule has 6 nitrogen and oxygen atoms in total. The number of hydrogen-bond donors (Lipinski definition) is 2. The van der Waals surface area contributed by atoms with Crippen LogP contribution >= 0.6 is 11.6 Å². The number of methoxy groups -OCH3 is 1. The first-order chi connectivity index (χ1) is 14.0. The predicted octanol–water partition coefficient (Wildman–Crippen LogP) is 3.68. The molecule has 29 heavy (non-hydrogen) atoms. The molecule has 1 fully saturated rings. The number of anilines is 1. The fraction of sp³-hybridized carbons (Fsp3) is 0.381. The highest BCUT2D eigenvalue weighted by Crippen LogP contribution is 2.31. The van der Waals surface area contributed by atoms with Gasteiger partial charge in [-0.1, -0.05) is 17.7 Å². The third-order valence-corrected chi connectivity index (χ3v) is 5.17. The van der Waals surface area contributed by atoms with E-state index in [1.807, 2.05) is 31.2 Å². The average Bonchev–Trinajstić information content (AvgIpc) is 2.70. The van der Waals surface area contributed by atoms with E-state index in [4.69, 9.17) is 26.8 Å². The minimum Gasteiger partial charge on any atom is -0.497 e. The monoisotopic (exact) mass is 420 g/mol. The van der Waals surface area contributed by atoms with E-state index in [9.17, 15) is 4.39 Å². The maximum atomic E-state index is 14.6. The lowest BCUT2D eigenvalue weighted by Crippen LogP contribution is -2.44. The van der Waals surface area contributed by atoms with Gasteiger partial charge in [-0.15, -0.1) is 0 Å². The van der Waals surface area contributed by atoms with E-state index in [0.29, 0.717) is 30.3 Å². The summed E-state index contributed by atoms with van der Waals surface area (Å²) < 4.78 is 25.4. The van der Waals surface area contributed by atoms with E-state index in [1.165, 1.54) is 6.07 Å². The molecule has 2 unspecified atom stereocenters. The Kier molecular flexibility index (Phi) is 7.30.